The van der Waals surface area contributed by atoms with Crippen LogP contribution in [0.1, 0.15) is 52.4 Å². The van der Waals surface area contributed by atoms with Crippen LogP contribution in [0.25, 0.3) is 0 Å². The number of nitrogens with two attached hydrogens (primary N) is 1. The third-order valence-corrected chi connectivity index (χ3v) is 3.77. The molecule has 0 atom stereocenters. The van der Waals surface area contributed by atoms with E-state index >= 15 is 0 Å². The van der Waals surface area contributed by atoms with Crippen molar-refractivity contribution in [2.45, 2.75) is 52.4 Å². The number of carbonyl (C=O) groups excluding carboxylic acids is 2. The van der Waals surface area contributed by atoms with Gasteiger partial charge in [0.1, 0.15) is 24.2 Å². The molecular weight excluding hydrogens is 430 g/mol. The highest BCUT2D eigenvalue weighted by Gasteiger charge is 1.98. The van der Waals surface area contributed by atoms with Crippen molar-refractivity contribution in [3.63, 3.8) is 0 Å². The molecular formula is C24H38ClN3O4. The molecule has 0 aliphatic heterocycles. The molecule has 0 spiro atoms. The molecule has 8 heteroatoms. The van der Waals surface area contributed by atoms with E-state index < -0.39 is 0 Å². The number of rotatable bonds is 10. The predicted molar refractivity (Wildman–Crippen MR) is 131 cm³/mol. The lowest BCUT2D eigenvalue weighted by Crippen LogP contribution is -2.05. The summed E-state index contributed by atoms with van der Waals surface area (Å²) in [6.45, 7) is 4.69. The average Bonchev–Trinajstić information content (AvgIpc) is 2.79. The standard InChI is InChI=1S/2C7H14O2.C5H4ClN.C5H6N2/c2*1-3-4-5-7(8)6-9-2;2*6-5-3-1-2-4-7-5/h2*3-6H2,1-2H3;1-4H;1-4H,(H2,6,7). The van der Waals surface area contributed by atoms with Gasteiger partial charge in [-0.25, -0.2) is 9.97 Å². The second-order valence-corrected chi connectivity index (χ2v) is 6.94. The zero-order chi connectivity index (χ0) is 24.5. The molecule has 32 heavy (non-hydrogen) atoms. The number of carbonyl (C=O) groups is 2. The van der Waals surface area contributed by atoms with Crippen LogP contribution in [-0.2, 0) is 19.1 Å². The number of methoxy groups -OCH3 is 2. The van der Waals surface area contributed by atoms with Gasteiger partial charge in [-0.05, 0) is 37.1 Å². The number of hydrogen-bond acceptors (Lipinski definition) is 7. The Hall–Kier alpha value is -2.35. The van der Waals surface area contributed by atoms with E-state index in [0.29, 0.717) is 23.8 Å². The third kappa shape index (κ3) is 25.7. The number of halogens is 1. The second-order valence-electron chi connectivity index (χ2n) is 6.56. The minimum absolute atomic E-state index is 0.208. The number of ketones is 2. The zero-order valence-electron chi connectivity index (χ0n) is 19.8. The monoisotopic (exact) mass is 467 g/mol. The summed E-state index contributed by atoms with van der Waals surface area (Å²) >= 11 is 5.43. The van der Waals surface area contributed by atoms with Crippen LogP contribution in [0.15, 0.2) is 48.8 Å². The molecule has 0 unspecified atom stereocenters. The minimum atomic E-state index is 0.208. The number of hydrogen-bond donors (Lipinski definition) is 1. The number of nitrogens with zero attached hydrogens (tertiary/aromatic N) is 2. The van der Waals surface area contributed by atoms with Crippen molar-refractivity contribution in [1.82, 2.24) is 9.97 Å². The summed E-state index contributed by atoms with van der Waals surface area (Å²) in [6.07, 6.45) is 8.79. The van der Waals surface area contributed by atoms with Gasteiger partial charge >= 0.3 is 0 Å². The Kier molecular flexibility index (Phi) is 24.8. The van der Waals surface area contributed by atoms with Gasteiger partial charge in [0.15, 0.2) is 11.6 Å². The lowest BCUT2D eigenvalue weighted by molar-refractivity contribution is -0.123. The van der Waals surface area contributed by atoms with Crippen molar-refractivity contribution in [2.75, 3.05) is 33.2 Å². The summed E-state index contributed by atoms with van der Waals surface area (Å²) in [5.41, 5.74) is 5.25. The molecule has 2 aromatic heterocycles. The summed E-state index contributed by atoms with van der Waals surface area (Å²) < 4.78 is 9.30. The van der Waals surface area contributed by atoms with Crippen LogP contribution in [0.3, 0.4) is 0 Å². The summed E-state index contributed by atoms with van der Waals surface area (Å²) in [5, 5.41) is 0.544. The van der Waals surface area contributed by atoms with Crippen LogP contribution >= 0.6 is 11.6 Å². The van der Waals surface area contributed by atoms with Crippen molar-refractivity contribution in [3.05, 3.63) is 53.9 Å². The zero-order valence-corrected chi connectivity index (χ0v) is 20.5. The van der Waals surface area contributed by atoms with Crippen LogP contribution in [-0.4, -0.2) is 49.0 Å². The maximum atomic E-state index is 10.7. The maximum Gasteiger partial charge on any atom is 0.158 e. The fourth-order valence-electron chi connectivity index (χ4n) is 1.93. The highest BCUT2D eigenvalue weighted by Crippen LogP contribution is 1.98. The van der Waals surface area contributed by atoms with Crippen LogP contribution in [0.2, 0.25) is 5.15 Å². The highest BCUT2D eigenvalue weighted by atomic mass is 35.5. The number of nitrogen functional groups attached to an aromatic ring is 1. The van der Waals surface area contributed by atoms with E-state index in [-0.39, 0.29) is 24.8 Å². The summed E-state index contributed by atoms with van der Waals surface area (Å²) in [5.74, 6) is 0.987. The molecule has 0 amide bonds. The lowest BCUT2D eigenvalue weighted by Gasteiger charge is -1.95. The number of anilines is 1. The van der Waals surface area contributed by atoms with Gasteiger partial charge in [-0.1, -0.05) is 50.4 Å². The van der Waals surface area contributed by atoms with Gasteiger partial charge < -0.3 is 15.2 Å². The van der Waals surface area contributed by atoms with E-state index in [1.54, 1.807) is 38.7 Å². The first-order valence-corrected chi connectivity index (χ1v) is 11.0. The Morgan fingerprint density at radius 1 is 0.844 bits per heavy atom. The maximum absolute atomic E-state index is 10.7. The Morgan fingerprint density at radius 3 is 1.53 bits per heavy atom. The minimum Gasteiger partial charge on any atom is -0.384 e. The first-order valence-electron chi connectivity index (χ1n) is 10.6. The number of unbranched alkanes of at least 4 members (excludes halogenated alkanes) is 2. The van der Waals surface area contributed by atoms with Crippen LogP contribution < -0.4 is 5.73 Å². The molecule has 2 aromatic rings. The summed E-state index contributed by atoms with van der Waals surface area (Å²) in [6, 6.07) is 10.8. The Bertz CT molecular complexity index is 614. The molecule has 0 aliphatic rings. The SMILES string of the molecule is CCCCC(=O)COC.CCCCC(=O)COC.Clc1ccccn1.Nc1ccccn1. The molecule has 2 rings (SSSR count). The quantitative estimate of drug-likeness (QED) is 0.479. The van der Waals surface area contributed by atoms with Gasteiger partial charge in [-0.3, -0.25) is 9.59 Å². The molecule has 0 saturated heterocycles. The van der Waals surface area contributed by atoms with Gasteiger partial charge in [0.2, 0.25) is 0 Å². The normalized spacial score (nSPS) is 9.16. The topological polar surface area (TPSA) is 104 Å². The molecule has 2 heterocycles. The fraction of sp³-hybridized carbons (Fsp3) is 0.500. The summed E-state index contributed by atoms with van der Waals surface area (Å²) in [7, 11) is 3.09. The van der Waals surface area contributed by atoms with E-state index in [1.165, 1.54) is 0 Å². The van der Waals surface area contributed by atoms with E-state index in [1.807, 2.05) is 24.3 Å². The van der Waals surface area contributed by atoms with Crippen molar-refractivity contribution in [3.8, 4) is 0 Å². The number of pyridine rings is 2. The van der Waals surface area contributed by atoms with Crippen molar-refractivity contribution in [2.24, 2.45) is 0 Å². The van der Waals surface area contributed by atoms with Gasteiger partial charge in [0.05, 0.1) is 0 Å². The van der Waals surface area contributed by atoms with Crippen molar-refractivity contribution >= 4 is 29.0 Å². The van der Waals surface area contributed by atoms with Gasteiger partial charge in [0.25, 0.3) is 0 Å². The second kappa shape index (κ2) is 24.9. The first kappa shape index (κ1) is 31.8. The van der Waals surface area contributed by atoms with Crippen LogP contribution in [0, 0.1) is 0 Å². The van der Waals surface area contributed by atoms with E-state index in [2.05, 4.69) is 33.3 Å². The highest BCUT2D eigenvalue weighted by molar-refractivity contribution is 6.29. The smallest absolute Gasteiger partial charge is 0.158 e. The molecule has 0 radical (unpaired) electrons. The Morgan fingerprint density at radius 2 is 1.31 bits per heavy atom. The molecule has 0 fully saturated rings. The molecule has 0 aliphatic carbocycles. The average molecular weight is 468 g/mol. The Balaban J connectivity index is 0. The van der Waals surface area contributed by atoms with Gasteiger partial charge in [0, 0.05) is 39.5 Å². The number of Topliss-reactive ketones (excluding diaryl/α,β-unsaturated/α-hetero) is 2. The van der Waals surface area contributed by atoms with Gasteiger partial charge in [-0.15, -0.1) is 0 Å². The Labute approximate surface area is 197 Å². The van der Waals surface area contributed by atoms with E-state index in [9.17, 15) is 9.59 Å². The molecule has 7 nitrogen and oxygen atoms in total. The van der Waals surface area contributed by atoms with E-state index in [0.717, 1.165) is 25.7 Å². The van der Waals surface area contributed by atoms with Gasteiger partial charge in [-0.2, -0.15) is 0 Å². The lowest BCUT2D eigenvalue weighted by atomic mass is 10.2. The molecule has 2 N–H and O–H groups in total. The fourth-order valence-corrected chi connectivity index (χ4v) is 2.06. The third-order valence-electron chi connectivity index (χ3n) is 3.55. The largest absolute Gasteiger partial charge is 0.384 e. The summed E-state index contributed by atoms with van der Waals surface area (Å²) in [4.78, 5) is 28.9. The molecule has 180 valence electrons. The molecule has 0 aromatic carbocycles. The van der Waals surface area contributed by atoms with Crippen molar-refractivity contribution in [1.29, 1.82) is 0 Å². The first-order chi connectivity index (χ1) is 15.4. The van der Waals surface area contributed by atoms with Crippen LogP contribution in [0.4, 0.5) is 5.82 Å². The number of ether oxygens (including phenoxy) is 2. The molecule has 0 saturated carbocycles. The predicted octanol–water partition coefficient (Wildman–Crippen LogP) is 5.18. The number of aromatic nitrogens is 2. The molecule has 0 bridgehead atoms. The van der Waals surface area contributed by atoms with Crippen molar-refractivity contribution < 1.29 is 19.1 Å². The van der Waals surface area contributed by atoms with E-state index in [4.69, 9.17) is 17.3 Å². The van der Waals surface area contributed by atoms with Crippen LogP contribution in [0.5, 0.6) is 0 Å².